The molecule has 7 nitrogen and oxygen atoms in total. The first-order chi connectivity index (χ1) is 14.2. The third-order valence-corrected chi connectivity index (χ3v) is 5.69. The van der Waals surface area contributed by atoms with Crippen LogP contribution in [0.1, 0.15) is 25.3 Å². The predicted molar refractivity (Wildman–Crippen MR) is 111 cm³/mol. The SMILES string of the molecule is CCOc1ccc(Nc2c3c(nc4c(F)cnn24)N([C@H]2CCCNC2)CC3)cc1. The highest BCUT2D eigenvalue weighted by atomic mass is 19.1. The third kappa shape index (κ3) is 3.27. The number of piperidine rings is 1. The fourth-order valence-electron chi connectivity index (χ4n) is 4.32. The maximum atomic E-state index is 14.4. The van der Waals surface area contributed by atoms with Crippen molar-refractivity contribution in [1.82, 2.24) is 19.9 Å². The molecular formula is C21H25FN6O. The lowest BCUT2D eigenvalue weighted by Crippen LogP contribution is -2.45. The predicted octanol–water partition coefficient (Wildman–Crippen LogP) is 3.13. The van der Waals surface area contributed by atoms with Crippen molar-refractivity contribution in [2.75, 3.05) is 36.5 Å². The van der Waals surface area contributed by atoms with E-state index in [1.807, 2.05) is 31.2 Å². The zero-order valence-electron chi connectivity index (χ0n) is 16.5. The molecule has 2 aliphatic rings. The van der Waals surface area contributed by atoms with Crippen LogP contribution in [0.15, 0.2) is 30.5 Å². The zero-order chi connectivity index (χ0) is 19.8. The number of hydrogen-bond donors (Lipinski definition) is 2. The van der Waals surface area contributed by atoms with Gasteiger partial charge in [-0.3, -0.25) is 0 Å². The van der Waals surface area contributed by atoms with Crippen molar-refractivity contribution in [2.45, 2.75) is 32.2 Å². The van der Waals surface area contributed by atoms with Gasteiger partial charge in [0.1, 0.15) is 17.4 Å². The molecule has 1 fully saturated rings. The van der Waals surface area contributed by atoms with Crippen LogP contribution in [0, 0.1) is 5.82 Å². The minimum Gasteiger partial charge on any atom is -0.494 e. The Bertz CT molecular complexity index is 1010. The van der Waals surface area contributed by atoms with E-state index >= 15 is 0 Å². The number of nitrogens with zero attached hydrogens (tertiary/aromatic N) is 4. The van der Waals surface area contributed by atoms with Gasteiger partial charge in [0.25, 0.3) is 0 Å². The summed E-state index contributed by atoms with van der Waals surface area (Å²) in [4.78, 5) is 7.01. The van der Waals surface area contributed by atoms with E-state index in [1.165, 1.54) is 6.20 Å². The van der Waals surface area contributed by atoms with E-state index in [2.05, 4.69) is 25.6 Å². The fraction of sp³-hybridized carbons (Fsp3) is 0.429. The molecule has 2 aliphatic heterocycles. The normalized spacial score (nSPS) is 18.8. The van der Waals surface area contributed by atoms with Crippen molar-refractivity contribution in [1.29, 1.82) is 0 Å². The lowest BCUT2D eigenvalue weighted by molar-refractivity contribution is 0.340. The summed E-state index contributed by atoms with van der Waals surface area (Å²) in [5, 5.41) is 11.2. The molecule has 0 unspecified atom stereocenters. The Morgan fingerprint density at radius 3 is 2.93 bits per heavy atom. The number of ether oxygens (including phenoxy) is 1. The van der Waals surface area contributed by atoms with Gasteiger partial charge in [-0.1, -0.05) is 0 Å². The number of halogens is 1. The molecular weight excluding hydrogens is 371 g/mol. The second-order valence-corrected chi connectivity index (χ2v) is 7.52. The average Bonchev–Trinajstić information content (AvgIpc) is 3.34. The van der Waals surface area contributed by atoms with Crippen molar-refractivity contribution >= 4 is 23.0 Å². The Morgan fingerprint density at radius 1 is 1.31 bits per heavy atom. The van der Waals surface area contributed by atoms with Crippen LogP contribution in [-0.4, -0.2) is 46.9 Å². The number of aromatic nitrogens is 3. The molecule has 1 saturated heterocycles. The highest BCUT2D eigenvalue weighted by Gasteiger charge is 2.32. The van der Waals surface area contributed by atoms with E-state index in [0.29, 0.717) is 12.6 Å². The molecule has 8 heteroatoms. The summed E-state index contributed by atoms with van der Waals surface area (Å²) in [6, 6.07) is 8.16. The summed E-state index contributed by atoms with van der Waals surface area (Å²) >= 11 is 0. The molecule has 2 aromatic heterocycles. The van der Waals surface area contributed by atoms with Crippen molar-refractivity contribution in [3.8, 4) is 5.75 Å². The second kappa shape index (κ2) is 7.51. The summed E-state index contributed by atoms with van der Waals surface area (Å²) in [7, 11) is 0. The molecule has 3 aromatic rings. The number of rotatable bonds is 5. The zero-order valence-corrected chi connectivity index (χ0v) is 16.5. The lowest BCUT2D eigenvalue weighted by atomic mass is 10.1. The van der Waals surface area contributed by atoms with Crippen LogP contribution in [0.25, 0.3) is 5.65 Å². The van der Waals surface area contributed by atoms with Crippen LogP contribution in [-0.2, 0) is 6.42 Å². The Kier molecular flexibility index (Phi) is 4.71. The highest BCUT2D eigenvalue weighted by Crippen LogP contribution is 2.37. The van der Waals surface area contributed by atoms with Gasteiger partial charge in [-0.2, -0.15) is 9.61 Å². The Balaban J connectivity index is 1.54. The molecule has 1 atom stereocenters. The topological polar surface area (TPSA) is 66.7 Å². The third-order valence-electron chi connectivity index (χ3n) is 5.69. The maximum Gasteiger partial charge on any atom is 0.195 e. The van der Waals surface area contributed by atoms with E-state index in [9.17, 15) is 4.39 Å². The summed E-state index contributed by atoms with van der Waals surface area (Å²) in [5.74, 6) is 2.07. The summed E-state index contributed by atoms with van der Waals surface area (Å²) in [6.07, 6.45) is 4.36. The number of hydrogen-bond acceptors (Lipinski definition) is 6. The molecule has 4 heterocycles. The van der Waals surface area contributed by atoms with Crippen molar-refractivity contribution in [3.63, 3.8) is 0 Å². The van der Waals surface area contributed by atoms with Crippen LogP contribution >= 0.6 is 0 Å². The van der Waals surface area contributed by atoms with Crippen LogP contribution in [0.2, 0.25) is 0 Å². The number of fused-ring (bicyclic) bond motifs is 2. The van der Waals surface area contributed by atoms with Crippen molar-refractivity contribution in [2.24, 2.45) is 0 Å². The summed E-state index contributed by atoms with van der Waals surface area (Å²) in [5.41, 5.74) is 2.24. The molecule has 5 rings (SSSR count). The van der Waals surface area contributed by atoms with E-state index in [4.69, 9.17) is 4.74 Å². The molecule has 29 heavy (non-hydrogen) atoms. The van der Waals surface area contributed by atoms with Gasteiger partial charge in [0.2, 0.25) is 0 Å². The quantitative estimate of drug-likeness (QED) is 0.691. The van der Waals surface area contributed by atoms with E-state index in [0.717, 1.165) is 67.5 Å². The summed E-state index contributed by atoms with van der Waals surface area (Å²) in [6.45, 7) is 5.48. The number of nitrogens with one attached hydrogen (secondary N) is 2. The minimum atomic E-state index is -0.406. The van der Waals surface area contributed by atoms with E-state index in [-0.39, 0.29) is 5.65 Å². The Labute approximate surface area is 168 Å². The molecule has 2 N–H and O–H groups in total. The number of benzene rings is 1. The first-order valence-electron chi connectivity index (χ1n) is 10.3. The van der Waals surface area contributed by atoms with Crippen LogP contribution in [0.3, 0.4) is 0 Å². The van der Waals surface area contributed by atoms with Gasteiger partial charge in [0.15, 0.2) is 11.5 Å². The van der Waals surface area contributed by atoms with Gasteiger partial charge in [0, 0.05) is 30.4 Å². The molecule has 1 aromatic carbocycles. The molecule has 0 bridgehead atoms. The van der Waals surface area contributed by atoms with Crippen LogP contribution in [0.4, 0.5) is 21.7 Å². The van der Waals surface area contributed by atoms with E-state index < -0.39 is 5.82 Å². The van der Waals surface area contributed by atoms with Crippen LogP contribution < -0.4 is 20.3 Å². The van der Waals surface area contributed by atoms with Crippen molar-refractivity contribution < 1.29 is 9.13 Å². The smallest absolute Gasteiger partial charge is 0.195 e. The average molecular weight is 396 g/mol. The molecule has 0 radical (unpaired) electrons. The molecule has 152 valence electrons. The number of anilines is 3. The molecule has 0 amide bonds. The monoisotopic (exact) mass is 396 g/mol. The van der Waals surface area contributed by atoms with Gasteiger partial charge in [-0.25, -0.2) is 9.37 Å². The fourth-order valence-corrected chi connectivity index (χ4v) is 4.32. The maximum absolute atomic E-state index is 14.4. The van der Waals surface area contributed by atoms with Crippen molar-refractivity contribution in [3.05, 3.63) is 41.8 Å². The first-order valence-corrected chi connectivity index (χ1v) is 10.3. The molecule has 0 spiro atoms. The molecule has 0 saturated carbocycles. The van der Waals surface area contributed by atoms with Gasteiger partial charge in [0.05, 0.1) is 12.8 Å². The highest BCUT2D eigenvalue weighted by molar-refractivity contribution is 5.72. The first kappa shape index (κ1) is 18.2. The van der Waals surface area contributed by atoms with E-state index in [1.54, 1.807) is 4.52 Å². The summed E-state index contributed by atoms with van der Waals surface area (Å²) < 4.78 is 21.5. The standard InChI is InChI=1S/C21H25FN6O/c1-2-29-16-7-5-14(6-8-16)25-20-17-9-11-27(15-4-3-10-23-12-15)19(17)26-21-18(22)13-24-28(20)21/h5-8,13,15,23,25H,2-4,9-12H2,1H3/t15-/m0/s1. The second-order valence-electron chi connectivity index (χ2n) is 7.52. The van der Waals surface area contributed by atoms with Gasteiger partial charge >= 0.3 is 0 Å². The minimum absolute atomic E-state index is 0.257. The largest absolute Gasteiger partial charge is 0.494 e. The lowest BCUT2D eigenvalue weighted by Gasteiger charge is -2.33. The Morgan fingerprint density at radius 2 is 2.17 bits per heavy atom. The Hall–Kier alpha value is -2.87. The van der Waals surface area contributed by atoms with Gasteiger partial charge in [-0.15, -0.1) is 0 Å². The van der Waals surface area contributed by atoms with Gasteiger partial charge < -0.3 is 20.3 Å². The van der Waals surface area contributed by atoms with Gasteiger partial charge in [-0.05, 0) is 57.0 Å². The molecule has 0 aliphatic carbocycles. The van der Waals surface area contributed by atoms with Crippen LogP contribution in [0.5, 0.6) is 5.75 Å².